The number of benzene rings is 2. The SMILES string of the molecule is O=C(CNC(=O)c1ccccc1Cl)NCCN1C(=O)S/C(=C/c2ccccc2Cl)C1=O. The molecule has 3 rings (SSSR count). The van der Waals surface area contributed by atoms with E-state index in [4.69, 9.17) is 23.2 Å². The highest BCUT2D eigenvalue weighted by atomic mass is 35.5. The summed E-state index contributed by atoms with van der Waals surface area (Å²) in [6.45, 7) is -0.203. The Bertz CT molecular complexity index is 1070. The van der Waals surface area contributed by atoms with Gasteiger partial charge in [-0.05, 0) is 41.6 Å². The van der Waals surface area contributed by atoms with Gasteiger partial charge in [0.15, 0.2) is 0 Å². The van der Waals surface area contributed by atoms with Crippen LogP contribution in [0, 0.1) is 0 Å². The Kier molecular flexibility index (Phi) is 7.73. The smallest absolute Gasteiger partial charge is 0.293 e. The average molecular weight is 478 g/mol. The summed E-state index contributed by atoms with van der Waals surface area (Å²) >= 11 is 12.9. The maximum absolute atomic E-state index is 12.5. The molecular weight excluding hydrogens is 461 g/mol. The molecule has 0 spiro atoms. The maximum Gasteiger partial charge on any atom is 0.293 e. The van der Waals surface area contributed by atoms with E-state index in [-0.39, 0.29) is 35.1 Å². The van der Waals surface area contributed by atoms with Gasteiger partial charge in [0.05, 0.1) is 22.0 Å². The van der Waals surface area contributed by atoms with Gasteiger partial charge in [0.25, 0.3) is 17.1 Å². The molecule has 0 bridgehead atoms. The lowest BCUT2D eigenvalue weighted by molar-refractivity contribution is -0.124. The van der Waals surface area contributed by atoms with E-state index in [1.807, 2.05) is 0 Å². The summed E-state index contributed by atoms with van der Waals surface area (Å²) in [5, 5.41) is 5.36. The molecule has 10 heteroatoms. The van der Waals surface area contributed by atoms with Crippen LogP contribution in [0.25, 0.3) is 6.08 Å². The first-order chi connectivity index (χ1) is 14.9. The number of hydrogen-bond acceptors (Lipinski definition) is 5. The second-order valence-electron chi connectivity index (χ2n) is 6.37. The predicted molar refractivity (Wildman–Crippen MR) is 121 cm³/mol. The number of thioether (sulfide) groups is 1. The van der Waals surface area contributed by atoms with E-state index in [2.05, 4.69) is 10.6 Å². The molecule has 160 valence electrons. The molecule has 1 fully saturated rings. The third kappa shape index (κ3) is 5.88. The van der Waals surface area contributed by atoms with Gasteiger partial charge in [0.1, 0.15) is 0 Å². The van der Waals surface area contributed by atoms with Crippen LogP contribution in [-0.2, 0) is 9.59 Å². The number of amides is 4. The molecule has 0 atom stereocenters. The Balaban J connectivity index is 1.48. The number of halogens is 2. The van der Waals surface area contributed by atoms with Crippen molar-refractivity contribution in [1.82, 2.24) is 15.5 Å². The highest BCUT2D eigenvalue weighted by Crippen LogP contribution is 2.33. The van der Waals surface area contributed by atoms with Crippen LogP contribution in [0.15, 0.2) is 53.4 Å². The zero-order valence-corrected chi connectivity index (χ0v) is 18.4. The fourth-order valence-electron chi connectivity index (χ4n) is 2.70. The Morgan fingerprint density at radius 3 is 2.35 bits per heavy atom. The van der Waals surface area contributed by atoms with Gasteiger partial charge in [-0.3, -0.25) is 24.1 Å². The molecule has 1 heterocycles. The lowest BCUT2D eigenvalue weighted by Crippen LogP contribution is -2.41. The van der Waals surface area contributed by atoms with E-state index in [0.29, 0.717) is 10.6 Å². The second-order valence-corrected chi connectivity index (χ2v) is 8.17. The zero-order valence-electron chi connectivity index (χ0n) is 16.1. The number of carbonyl (C=O) groups is 4. The van der Waals surface area contributed by atoms with Crippen molar-refractivity contribution < 1.29 is 19.2 Å². The summed E-state index contributed by atoms with van der Waals surface area (Å²) in [7, 11) is 0. The van der Waals surface area contributed by atoms with Crippen LogP contribution in [-0.4, -0.2) is 47.5 Å². The second kappa shape index (κ2) is 10.5. The number of hydrogen-bond donors (Lipinski definition) is 2. The lowest BCUT2D eigenvalue weighted by Gasteiger charge is -2.13. The van der Waals surface area contributed by atoms with E-state index in [1.54, 1.807) is 54.6 Å². The van der Waals surface area contributed by atoms with Crippen molar-refractivity contribution in [3.05, 3.63) is 74.6 Å². The summed E-state index contributed by atoms with van der Waals surface area (Å²) < 4.78 is 0. The first-order valence-corrected chi connectivity index (χ1v) is 10.7. The molecule has 31 heavy (non-hydrogen) atoms. The van der Waals surface area contributed by atoms with Crippen molar-refractivity contribution in [2.75, 3.05) is 19.6 Å². The molecule has 1 aliphatic heterocycles. The van der Waals surface area contributed by atoms with Crippen LogP contribution >= 0.6 is 35.0 Å². The summed E-state index contributed by atoms with van der Waals surface area (Å²) in [4.78, 5) is 50.0. The fraction of sp³-hybridized carbons (Fsp3) is 0.143. The van der Waals surface area contributed by atoms with Gasteiger partial charge >= 0.3 is 0 Å². The van der Waals surface area contributed by atoms with Crippen molar-refractivity contribution in [2.24, 2.45) is 0 Å². The molecule has 7 nitrogen and oxygen atoms in total. The first-order valence-electron chi connectivity index (χ1n) is 9.16. The third-order valence-corrected chi connectivity index (χ3v) is 5.83. The van der Waals surface area contributed by atoms with Crippen LogP contribution in [0.3, 0.4) is 0 Å². The van der Waals surface area contributed by atoms with Gasteiger partial charge in [0, 0.05) is 18.1 Å². The van der Waals surface area contributed by atoms with E-state index in [9.17, 15) is 19.2 Å². The Morgan fingerprint density at radius 1 is 0.968 bits per heavy atom. The minimum Gasteiger partial charge on any atom is -0.353 e. The molecule has 1 saturated heterocycles. The van der Waals surface area contributed by atoms with Crippen LogP contribution < -0.4 is 10.6 Å². The molecule has 1 aliphatic rings. The molecule has 2 N–H and O–H groups in total. The normalized spacial score (nSPS) is 14.8. The highest BCUT2D eigenvalue weighted by molar-refractivity contribution is 8.18. The maximum atomic E-state index is 12.5. The number of rotatable bonds is 7. The molecule has 2 aromatic carbocycles. The minimum absolute atomic E-state index is 0.00866. The van der Waals surface area contributed by atoms with Crippen molar-refractivity contribution in [1.29, 1.82) is 0 Å². The van der Waals surface area contributed by atoms with Gasteiger partial charge in [-0.25, -0.2) is 0 Å². The summed E-state index contributed by atoms with van der Waals surface area (Å²) in [6, 6.07) is 13.5. The topological polar surface area (TPSA) is 95.6 Å². The van der Waals surface area contributed by atoms with Gasteiger partial charge in [-0.2, -0.15) is 0 Å². The molecule has 0 unspecified atom stereocenters. The molecule has 0 aliphatic carbocycles. The predicted octanol–water partition coefficient (Wildman–Crippen LogP) is 3.58. The van der Waals surface area contributed by atoms with Gasteiger partial charge in [-0.1, -0.05) is 53.5 Å². The minimum atomic E-state index is -0.476. The van der Waals surface area contributed by atoms with Crippen molar-refractivity contribution >= 4 is 64.0 Å². The molecular formula is C21H17Cl2N3O4S. The highest BCUT2D eigenvalue weighted by Gasteiger charge is 2.34. The molecule has 2 aromatic rings. The number of carbonyl (C=O) groups excluding carboxylic acids is 4. The summed E-state index contributed by atoms with van der Waals surface area (Å²) in [5.74, 6) is -1.38. The van der Waals surface area contributed by atoms with Crippen molar-refractivity contribution in [3.8, 4) is 0 Å². The average Bonchev–Trinajstić information content (AvgIpc) is 3.01. The van der Waals surface area contributed by atoms with Crippen LogP contribution in [0.4, 0.5) is 4.79 Å². The van der Waals surface area contributed by atoms with E-state index in [0.717, 1.165) is 16.7 Å². The largest absolute Gasteiger partial charge is 0.353 e. The van der Waals surface area contributed by atoms with Gasteiger partial charge in [0.2, 0.25) is 5.91 Å². The molecule has 4 amide bonds. The summed E-state index contributed by atoms with van der Waals surface area (Å²) in [6.07, 6.45) is 1.57. The van der Waals surface area contributed by atoms with Crippen LogP contribution in [0.1, 0.15) is 15.9 Å². The standard InChI is InChI=1S/C21H17Cl2N3O4S/c22-15-7-3-1-5-13(15)11-17-20(29)26(21(30)31-17)10-9-24-18(27)12-25-19(28)14-6-2-4-8-16(14)23/h1-8,11H,9-10,12H2,(H,24,27)(H,25,28)/b17-11+. The quantitative estimate of drug-likeness (QED) is 0.594. The molecule has 0 saturated carbocycles. The number of nitrogens with zero attached hydrogens (tertiary/aromatic N) is 1. The van der Waals surface area contributed by atoms with E-state index in [1.165, 1.54) is 0 Å². The van der Waals surface area contributed by atoms with Gasteiger partial charge < -0.3 is 10.6 Å². The Hall–Kier alpha value is -2.81. The van der Waals surface area contributed by atoms with Crippen molar-refractivity contribution in [2.45, 2.75) is 0 Å². The summed E-state index contributed by atoms with van der Waals surface area (Å²) in [5.41, 5.74) is 0.900. The van der Waals surface area contributed by atoms with E-state index >= 15 is 0 Å². The molecule has 0 radical (unpaired) electrons. The zero-order chi connectivity index (χ0) is 22.4. The van der Waals surface area contributed by atoms with Crippen LogP contribution in [0.2, 0.25) is 10.0 Å². The third-order valence-electron chi connectivity index (χ3n) is 4.25. The van der Waals surface area contributed by atoms with Crippen LogP contribution in [0.5, 0.6) is 0 Å². The number of nitrogens with one attached hydrogen (secondary N) is 2. The molecule has 0 aromatic heterocycles. The monoisotopic (exact) mass is 477 g/mol. The lowest BCUT2D eigenvalue weighted by atomic mass is 10.2. The van der Waals surface area contributed by atoms with Crippen molar-refractivity contribution in [3.63, 3.8) is 0 Å². The Labute approximate surface area is 192 Å². The number of imide groups is 1. The fourth-order valence-corrected chi connectivity index (χ4v) is 3.96. The van der Waals surface area contributed by atoms with E-state index < -0.39 is 23.0 Å². The van der Waals surface area contributed by atoms with Gasteiger partial charge in [-0.15, -0.1) is 0 Å². The first kappa shape index (κ1) is 22.9. The Morgan fingerprint density at radius 2 is 1.65 bits per heavy atom.